The first-order valence-corrected chi connectivity index (χ1v) is 5.88. The van der Waals surface area contributed by atoms with Crippen LogP contribution in [0, 0.1) is 10.1 Å². The molecule has 3 N–H and O–H groups in total. The van der Waals surface area contributed by atoms with Crippen LogP contribution in [-0.2, 0) is 0 Å². The van der Waals surface area contributed by atoms with Gasteiger partial charge in [-0.05, 0) is 13.0 Å². The molecule has 1 aromatic heterocycles. The Labute approximate surface area is 109 Å². The van der Waals surface area contributed by atoms with Crippen LogP contribution in [0.1, 0.15) is 16.8 Å². The summed E-state index contributed by atoms with van der Waals surface area (Å²) in [5.41, 5.74) is 5.11. The molecular weight excluding hydrogens is 250 g/mol. The molecule has 102 valence electrons. The lowest BCUT2D eigenvalue weighted by Gasteiger charge is -2.26. The van der Waals surface area contributed by atoms with Gasteiger partial charge in [0.25, 0.3) is 11.6 Å². The van der Waals surface area contributed by atoms with E-state index in [0.29, 0.717) is 5.82 Å². The Morgan fingerprint density at radius 3 is 2.95 bits per heavy atom. The van der Waals surface area contributed by atoms with Crippen molar-refractivity contribution in [3.8, 4) is 0 Å². The molecule has 1 aromatic rings. The van der Waals surface area contributed by atoms with E-state index in [1.807, 2.05) is 4.90 Å². The average Bonchev–Trinajstić information content (AvgIpc) is 2.90. The van der Waals surface area contributed by atoms with Crippen molar-refractivity contribution in [2.75, 3.05) is 25.0 Å². The zero-order chi connectivity index (χ0) is 14.0. The third kappa shape index (κ3) is 2.63. The van der Waals surface area contributed by atoms with Gasteiger partial charge in [0.15, 0.2) is 0 Å². The van der Waals surface area contributed by atoms with Gasteiger partial charge >= 0.3 is 0 Å². The van der Waals surface area contributed by atoms with Crippen molar-refractivity contribution in [3.05, 3.63) is 27.9 Å². The molecule has 8 heteroatoms. The highest BCUT2D eigenvalue weighted by atomic mass is 16.6. The van der Waals surface area contributed by atoms with E-state index >= 15 is 0 Å². The van der Waals surface area contributed by atoms with Gasteiger partial charge in [0, 0.05) is 25.7 Å². The number of nitrogens with two attached hydrogens (primary N) is 1. The summed E-state index contributed by atoms with van der Waals surface area (Å²) in [5, 5.41) is 13.9. The van der Waals surface area contributed by atoms with E-state index in [4.69, 9.17) is 5.73 Å². The Hall–Kier alpha value is -2.22. The van der Waals surface area contributed by atoms with Crippen molar-refractivity contribution in [1.82, 2.24) is 10.3 Å². The fourth-order valence-corrected chi connectivity index (χ4v) is 2.15. The number of likely N-dealkylation sites (N-methyl/N-ethyl adjacent to an activating group) is 1. The van der Waals surface area contributed by atoms with E-state index in [2.05, 4.69) is 10.3 Å². The Balaban J connectivity index is 2.38. The SMILES string of the molecule is CN(c1ncc([N+](=O)[O-])cc1C(N)=O)C1CCNC1. The second kappa shape index (κ2) is 5.19. The Morgan fingerprint density at radius 2 is 2.42 bits per heavy atom. The molecule has 8 nitrogen and oxygen atoms in total. The van der Waals surface area contributed by atoms with Crippen LogP contribution in [-0.4, -0.2) is 42.0 Å². The summed E-state index contributed by atoms with van der Waals surface area (Å²) < 4.78 is 0. The molecule has 0 aromatic carbocycles. The minimum Gasteiger partial charge on any atom is -0.365 e. The number of rotatable bonds is 4. The van der Waals surface area contributed by atoms with Gasteiger partial charge in [-0.2, -0.15) is 0 Å². The van der Waals surface area contributed by atoms with E-state index in [0.717, 1.165) is 25.7 Å². The fraction of sp³-hybridized carbons (Fsp3) is 0.455. The quantitative estimate of drug-likeness (QED) is 0.579. The van der Waals surface area contributed by atoms with Crippen molar-refractivity contribution < 1.29 is 9.72 Å². The monoisotopic (exact) mass is 265 g/mol. The molecule has 19 heavy (non-hydrogen) atoms. The lowest BCUT2D eigenvalue weighted by molar-refractivity contribution is -0.385. The molecule has 1 atom stereocenters. The number of pyridine rings is 1. The lowest BCUT2D eigenvalue weighted by atomic mass is 10.1. The second-order valence-electron chi connectivity index (χ2n) is 4.44. The molecule has 0 aliphatic carbocycles. The predicted octanol–water partition coefficient (Wildman–Crippen LogP) is -0.113. The first-order chi connectivity index (χ1) is 9.00. The molecule has 2 heterocycles. The van der Waals surface area contributed by atoms with Gasteiger partial charge in [-0.3, -0.25) is 14.9 Å². The highest BCUT2D eigenvalue weighted by Gasteiger charge is 2.25. The molecule has 1 unspecified atom stereocenters. The summed E-state index contributed by atoms with van der Waals surface area (Å²) >= 11 is 0. The number of hydrogen-bond donors (Lipinski definition) is 2. The summed E-state index contributed by atoms with van der Waals surface area (Å²) in [5.74, 6) is -0.337. The van der Waals surface area contributed by atoms with E-state index in [-0.39, 0.29) is 17.3 Å². The van der Waals surface area contributed by atoms with Gasteiger partial charge in [0.2, 0.25) is 0 Å². The topological polar surface area (TPSA) is 114 Å². The van der Waals surface area contributed by atoms with Crippen molar-refractivity contribution >= 4 is 17.4 Å². The van der Waals surface area contributed by atoms with Crippen molar-refractivity contribution in [3.63, 3.8) is 0 Å². The zero-order valence-electron chi connectivity index (χ0n) is 10.5. The number of nitro groups is 1. The van der Waals surface area contributed by atoms with E-state index in [1.165, 1.54) is 6.07 Å². The Bertz CT molecular complexity index is 513. The Kier molecular flexibility index (Phi) is 3.61. The zero-order valence-corrected chi connectivity index (χ0v) is 10.5. The lowest BCUT2D eigenvalue weighted by Crippen LogP contribution is -2.35. The third-order valence-corrected chi connectivity index (χ3v) is 3.24. The smallest absolute Gasteiger partial charge is 0.288 e. The minimum absolute atomic E-state index is 0.0728. The van der Waals surface area contributed by atoms with Gasteiger partial charge in [0.1, 0.15) is 12.0 Å². The number of primary amides is 1. The predicted molar refractivity (Wildman–Crippen MR) is 69.1 cm³/mol. The first kappa shape index (κ1) is 13.2. The van der Waals surface area contributed by atoms with Gasteiger partial charge in [-0.1, -0.05) is 0 Å². The minimum atomic E-state index is -0.719. The van der Waals surface area contributed by atoms with Crippen molar-refractivity contribution in [2.24, 2.45) is 5.73 Å². The molecule has 1 amide bonds. The molecular formula is C11H15N5O3. The van der Waals surface area contributed by atoms with Crippen LogP contribution in [0.25, 0.3) is 0 Å². The number of anilines is 1. The normalized spacial score (nSPS) is 18.3. The summed E-state index contributed by atoms with van der Waals surface area (Å²) in [4.78, 5) is 27.4. The molecule has 1 fully saturated rings. The summed E-state index contributed by atoms with van der Waals surface area (Å²) in [6.07, 6.45) is 2.06. The number of nitrogens with one attached hydrogen (secondary N) is 1. The molecule has 0 saturated carbocycles. The van der Waals surface area contributed by atoms with Crippen LogP contribution in [0.4, 0.5) is 11.5 Å². The van der Waals surface area contributed by atoms with Crippen molar-refractivity contribution in [2.45, 2.75) is 12.5 Å². The average molecular weight is 265 g/mol. The molecule has 0 spiro atoms. The molecule has 1 aliphatic rings. The second-order valence-corrected chi connectivity index (χ2v) is 4.44. The van der Waals surface area contributed by atoms with Gasteiger partial charge in [0.05, 0.1) is 10.5 Å². The number of carbonyl (C=O) groups is 1. The fourth-order valence-electron chi connectivity index (χ4n) is 2.15. The molecule has 0 bridgehead atoms. The van der Waals surface area contributed by atoms with Crippen LogP contribution in [0.2, 0.25) is 0 Å². The van der Waals surface area contributed by atoms with Gasteiger partial charge < -0.3 is 16.0 Å². The maximum Gasteiger partial charge on any atom is 0.288 e. The Morgan fingerprint density at radius 1 is 1.68 bits per heavy atom. The van der Waals surface area contributed by atoms with Crippen LogP contribution in [0.5, 0.6) is 0 Å². The van der Waals surface area contributed by atoms with Gasteiger partial charge in [-0.25, -0.2) is 4.98 Å². The number of aromatic nitrogens is 1. The van der Waals surface area contributed by atoms with Crippen molar-refractivity contribution in [1.29, 1.82) is 0 Å². The number of carbonyl (C=O) groups excluding carboxylic acids is 1. The summed E-state index contributed by atoms with van der Waals surface area (Å²) in [7, 11) is 1.80. The number of amides is 1. The van der Waals surface area contributed by atoms with E-state index in [1.54, 1.807) is 7.05 Å². The number of nitrogens with zero attached hydrogens (tertiary/aromatic N) is 3. The summed E-state index contributed by atoms with van der Waals surface area (Å²) in [6.45, 7) is 1.68. The maximum atomic E-state index is 11.4. The van der Waals surface area contributed by atoms with Crippen LogP contribution >= 0.6 is 0 Å². The van der Waals surface area contributed by atoms with E-state index in [9.17, 15) is 14.9 Å². The third-order valence-electron chi connectivity index (χ3n) is 3.24. The van der Waals surface area contributed by atoms with Crippen LogP contribution < -0.4 is 16.0 Å². The van der Waals surface area contributed by atoms with Crippen LogP contribution in [0.3, 0.4) is 0 Å². The van der Waals surface area contributed by atoms with Crippen LogP contribution in [0.15, 0.2) is 12.3 Å². The molecule has 2 rings (SSSR count). The van der Waals surface area contributed by atoms with E-state index < -0.39 is 10.8 Å². The molecule has 0 radical (unpaired) electrons. The standard InChI is InChI=1S/C11H15N5O3/c1-15(7-2-3-13-5-7)11-9(10(12)17)4-8(6-14-11)16(18)19/h4,6-7,13H,2-3,5H2,1H3,(H2,12,17). The molecule has 1 saturated heterocycles. The highest BCUT2D eigenvalue weighted by Crippen LogP contribution is 2.24. The number of hydrogen-bond acceptors (Lipinski definition) is 6. The summed E-state index contributed by atoms with van der Waals surface area (Å²) in [6, 6.07) is 1.37. The maximum absolute atomic E-state index is 11.4. The first-order valence-electron chi connectivity index (χ1n) is 5.88. The van der Waals surface area contributed by atoms with Gasteiger partial charge in [-0.15, -0.1) is 0 Å². The molecule has 1 aliphatic heterocycles. The highest BCUT2D eigenvalue weighted by molar-refractivity contribution is 5.98. The largest absolute Gasteiger partial charge is 0.365 e.